The number of para-hydroxylation sites is 1. The van der Waals surface area contributed by atoms with E-state index < -0.39 is 14.4 Å². The van der Waals surface area contributed by atoms with Crippen molar-refractivity contribution in [1.29, 1.82) is 5.26 Å². The molecule has 0 aliphatic heterocycles. The second-order valence-corrected chi connectivity index (χ2v) is 10.7. The summed E-state index contributed by atoms with van der Waals surface area (Å²) in [6.45, 7) is 10.7. The van der Waals surface area contributed by atoms with Crippen molar-refractivity contribution in [2.75, 3.05) is 0 Å². The number of aliphatic hydroxyl groups is 1. The molecule has 1 rings (SSSR count). The molecule has 4 heteroatoms. The van der Waals surface area contributed by atoms with Crippen molar-refractivity contribution in [3.05, 3.63) is 29.8 Å². The Morgan fingerprint density at radius 3 is 2.33 bits per heavy atom. The van der Waals surface area contributed by atoms with Gasteiger partial charge in [-0.05, 0) is 24.2 Å². The summed E-state index contributed by atoms with van der Waals surface area (Å²) in [6, 6.07) is 9.04. The molecule has 1 unspecified atom stereocenters. The number of nitrogens with zero attached hydrogens (tertiary/aromatic N) is 1. The molecule has 0 amide bonds. The Labute approximate surface area is 110 Å². The molecule has 1 aromatic rings. The fraction of sp³-hybridized carbons (Fsp3) is 0.500. The highest BCUT2D eigenvalue weighted by Gasteiger charge is 2.39. The van der Waals surface area contributed by atoms with Crippen molar-refractivity contribution in [3.8, 4) is 11.8 Å². The summed E-state index contributed by atoms with van der Waals surface area (Å²) in [6.07, 6.45) is -1.13. The molecule has 98 valence electrons. The first-order chi connectivity index (χ1) is 8.19. The van der Waals surface area contributed by atoms with Gasteiger partial charge in [0.25, 0.3) is 0 Å². The van der Waals surface area contributed by atoms with Crippen LogP contribution in [0.25, 0.3) is 0 Å². The molecule has 0 fully saturated rings. The van der Waals surface area contributed by atoms with E-state index in [1.807, 2.05) is 18.2 Å². The van der Waals surface area contributed by atoms with Crippen LogP contribution in [0.15, 0.2) is 24.3 Å². The van der Waals surface area contributed by atoms with Gasteiger partial charge in [0, 0.05) is 5.56 Å². The predicted octanol–water partition coefficient (Wildman–Crippen LogP) is 3.63. The molecule has 0 bridgehead atoms. The average molecular weight is 263 g/mol. The van der Waals surface area contributed by atoms with E-state index in [0.717, 1.165) is 0 Å². The number of rotatable bonds is 3. The van der Waals surface area contributed by atoms with E-state index in [2.05, 4.69) is 33.9 Å². The van der Waals surface area contributed by atoms with E-state index in [0.29, 0.717) is 11.3 Å². The number of nitriles is 1. The smallest absolute Gasteiger partial charge is 0.250 e. The Morgan fingerprint density at radius 1 is 1.28 bits per heavy atom. The molecule has 18 heavy (non-hydrogen) atoms. The summed E-state index contributed by atoms with van der Waals surface area (Å²) < 4.78 is 6.15. The zero-order valence-corrected chi connectivity index (χ0v) is 12.7. The SMILES string of the molecule is CC(C)(C)[Si](C)(C)Oc1ccccc1C(O)C#N. The van der Waals surface area contributed by atoms with Crippen molar-refractivity contribution < 1.29 is 9.53 Å². The Kier molecular flexibility index (Phi) is 4.20. The quantitative estimate of drug-likeness (QED) is 0.669. The predicted molar refractivity (Wildman–Crippen MR) is 74.8 cm³/mol. The van der Waals surface area contributed by atoms with Crippen LogP contribution >= 0.6 is 0 Å². The third-order valence-electron chi connectivity index (χ3n) is 3.51. The highest BCUT2D eigenvalue weighted by molar-refractivity contribution is 6.74. The molecular formula is C14H21NO2Si. The van der Waals surface area contributed by atoms with Gasteiger partial charge in [0.1, 0.15) is 5.75 Å². The zero-order chi connectivity index (χ0) is 14.0. The Hall–Kier alpha value is -1.31. The van der Waals surface area contributed by atoms with Gasteiger partial charge in [0.15, 0.2) is 6.10 Å². The highest BCUT2D eigenvalue weighted by Crippen LogP contribution is 2.38. The first kappa shape index (κ1) is 14.7. The van der Waals surface area contributed by atoms with Crippen LogP contribution in [0, 0.1) is 11.3 Å². The van der Waals surface area contributed by atoms with Gasteiger partial charge in [-0.15, -0.1) is 0 Å². The Balaban J connectivity index is 3.10. The van der Waals surface area contributed by atoms with Crippen LogP contribution in [-0.4, -0.2) is 13.4 Å². The van der Waals surface area contributed by atoms with E-state index in [1.54, 1.807) is 12.1 Å². The maximum Gasteiger partial charge on any atom is 0.250 e. The van der Waals surface area contributed by atoms with Crippen molar-refractivity contribution in [3.63, 3.8) is 0 Å². The van der Waals surface area contributed by atoms with E-state index in [1.165, 1.54) is 0 Å². The average Bonchev–Trinajstić information content (AvgIpc) is 2.26. The molecule has 0 heterocycles. The second kappa shape index (κ2) is 5.13. The molecule has 0 saturated heterocycles. The monoisotopic (exact) mass is 263 g/mol. The summed E-state index contributed by atoms with van der Waals surface area (Å²) in [5.74, 6) is 0.623. The number of benzene rings is 1. The molecule has 3 nitrogen and oxygen atoms in total. The molecule has 1 aromatic carbocycles. The lowest BCUT2D eigenvalue weighted by Crippen LogP contribution is -2.44. The van der Waals surface area contributed by atoms with Gasteiger partial charge in [-0.1, -0.05) is 39.0 Å². The van der Waals surface area contributed by atoms with E-state index >= 15 is 0 Å². The summed E-state index contributed by atoms with van der Waals surface area (Å²) in [4.78, 5) is 0. The first-order valence-corrected chi connectivity index (χ1v) is 8.95. The van der Waals surface area contributed by atoms with Crippen LogP contribution in [0.1, 0.15) is 32.4 Å². The third-order valence-corrected chi connectivity index (χ3v) is 7.85. The van der Waals surface area contributed by atoms with E-state index in [4.69, 9.17) is 9.69 Å². The molecule has 0 aliphatic rings. The topological polar surface area (TPSA) is 53.2 Å². The molecule has 1 atom stereocenters. The lowest BCUT2D eigenvalue weighted by molar-refractivity contribution is 0.232. The maximum absolute atomic E-state index is 9.68. The molecule has 0 radical (unpaired) electrons. The van der Waals surface area contributed by atoms with Gasteiger partial charge in [-0.2, -0.15) is 5.26 Å². The Morgan fingerprint density at radius 2 is 1.83 bits per heavy atom. The van der Waals surface area contributed by atoms with Gasteiger partial charge < -0.3 is 9.53 Å². The number of aliphatic hydroxyl groups excluding tert-OH is 1. The number of hydrogen-bond acceptors (Lipinski definition) is 3. The van der Waals surface area contributed by atoms with Crippen molar-refractivity contribution in [2.45, 2.75) is 45.0 Å². The summed E-state index contributed by atoms with van der Waals surface area (Å²) >= 11 is 0. The largest absolute Gasteiger partial charge is 0.543 e. The van der Waals surface area contributed by atoms with Crippen LogP contribution in [-0.2, 0) is 0 Å². The van der Waals surface area contributed by atoms with Crippen LogP contribution in [0.3, 0.4) is 0 Å². The molecule has 0 aromatic heterocycles. The van der Waals surface area contributed by atoms with E-state index in [9.17, 15) is 5.11 Å². The summed E-state index contributed by atoms with van der Waals surface area (Å²) in [5.41, 5.74) is 0.546. The lowest BCUT2D eigenvalue weighted by Gasteiger charge is -2.37. The van der Waals surface area contributed by atoms with Gasteiger partial charge in [-0.25, -0.2) is 0 Å². The van der Waals surface area contributed by atoms with Gasteiger partial charge in [0.05, 0.1) is 6.07 Å². The van der Waals surface area contributed by atoms with Crippen LogP contribution in [0.4, 0.5) is 0 Å². The standard InChI is InChI=1S/C14H21NO2Si/c1-14(2,3)18(4,5)17-13-9-7-6-8-11(13)12(16)10-15/h6-9,12,16H,1-5H3. The number of hydrogen-bond donors (Lipinski definition) is 1. The summed E-state index contributed by atoms with van der Waals surface area (Å²) in [7, 11) is -1.96. The second-order valence-electron chi connectivity index (χ2n) is 5.93. The molecule has 0 aliphatic carbocycles. The van der Waals surface area contributed by atoms with Crippen molar-refractivity contribution in [2.24, 2.45) is 0 Å². The fourth-order valence-electron chi connectivity index (χ4n) is 1.30. The molecule has 0 saturated carbocycles. The van der Waals surface area contributed by atoms with Gasteiger partial charge in [0.2, 0.25) is 8.32 Å². The molecule has 0 spiro atoms. The molecular weight excluding hydrogens is 242 g/mol. The van der Waals surface area contributed by atoms with Crippen molar-refractivity contribution >= 4 is 8.32 Å². The minimum Gasteiger partial charge on any atom is -0.543 e. The normalized spacial score (nSPS) is 13.8. The summed E-state index contributed by atoms with van der Waals surface area (Å²) in [5, 5.41) is 18.6. The minimum atomic E-state index is -1.96. The first-order valence-electron chi connectivity index (χ1n) is 6.04. The van der Waals surface area contributed by atoms with Crippen LogP contribution in [0.2, 0.25) is 18.1 Å². The van der Waals surface area contributed by atoms with Gasteiger partial charge in [-0.3, -0.25) is 0 Å². The lowest BCUT2D eigenvalue weighted by atomic mass is 10.1. The van der Waals surface area contributed by atoms with Crippen LogP contribution in [0.5, 0.6) is 5.75 Å². The third kappa shape index (κ3) is 3.12. The molecule has 1 N–H and O–H groups in total. The van der Waals surface area contributed by atoms with Crippen LogP contribution < -0.4 is 4.43 Å². The maximum atomic E-state index is 9.68. The Bertz CT molecular complexity index is 458. The van der Waals surface area contributed by atoms with E-state index in [-0.39, 0.29) is 5.04 Å². The minimum absolute atomic E-state index is 0.0811. The zero-order valence-electron chi connectivity index (χ0n) is 11.7. The van der Waals surface area contributed by atoms with Gasteiger partial charge >= 0.3 is 0 Å². The van der Waals surface area contributed by atoms with Crippen molar-refractivity contribution in [1.82, 2.24) is 0 Å². The highest BCUT2D eigenvalue weighted by atomic mass is 28.4. The fourth-order valence-corrected chi connectivity index (χ4v) is 2.34.